The Morgan fingerprint density at radius 2 is 2.16 bits per heavy atom. The molecule has 0 radical (unpaired) electrons. The first-order chi connectivity index (χ1) is 9.13. The van der Waals surface area contributed by atoms with Gasteiger partial charge in [0.2, 0.25) is 5.82 Å². The van der Waals surface area contributed by atoms with Crippen molar-refractivity contribution in [2.24, 2.45) is 0 Å². The van der Waals surface area contributed by atoms with Crippen LogP contribution < -0.4 is 5.32 Å². The molecule has 1 saturated carbocycles. The second-order valence-corrected chi connectivity index (χ2v) is 5.32. The summed E-state index contributed by atoms with van der Waals surface area (Å²) in [4.78, 5) is 16.0. The first-order valence-corrected chi connectivity index (χ1v) is 7.05. The molecule has 0 aliphatic heterocycles. The molecule has 2 rings (SSSR count). The number of aryl methyl sites for hydroxylation is 1. The molecule has 6 heteroatoms. The van der Waals surface area contributed by atoms with Gasteiger partial charge in [-0.25, -0.2) is 4.98 Å². The summed E-state index contributed by atoms with van der Waals surface area (Å²) in [5, 5.41) is 19.7. The first kappa shape index (κ1) is 14.0. The number of aliphatic hydroxyl groups is 1. The third-order valence-electron chi connectivity index (χ3n) is 3.58. The summed E-state index contributed by atoms with van der Waals surface area (Å²) in [5.74, 6) is 0.560. The van der Waals surface area contributed by atoms with Gasteiger partial charge in [0.15, 0.2) is 0 Å². The van der Waals surface area contributed by atoms with Crippen molar-refractivity contribution in [3.05, 3.63) is 11.6 Å². The fraction of sp³-hybridized carbons (Fsp3) is 0.769. The third kappa shape index (κ3) is 3.76. The molecule has 6 nitrogen and oxygen atoms in total. The molecule has 1 aromatic heterocycles. The van der Waals surface area contributed by atoms with Gasteiger partial charge in [0, 0.05) is 13.0 Å². The molecule has 0 saturated heterocycles. The number of amides is 1. The molecular weight excluding hydrogens is 244 g/mol. The second-order valence-electron chi connectivity index (χ2n) is 5.32. The predicted molar refractivity (Wildman–Crippen MR) is 70.7 cm³/mol. The zero-order valence-electron chi connectivity index (χ0n) is 11.4. The van der Waals surface area contributed by atoms with E-state index in [4.69, 9.17) is 0 Å². The number of hydrogen-bond acceptors (Lipinski definition) is 4. The molecular formula is C13H22N4O2. The summed E-state index contributed by atoms with van der Waals surface area (Å²) in [7, 11) is 0. The van der Waals surface area contributed by atoms with Gasteiger partial charge in [-0.05, 0) is 19.3 Å². The van der Waals surface area contributed by atoms with Crippen molar-refractivity contribution < 1.29 is 9.90 Å². The van der Waals surface area contributed by atoms with Crippen molar-refractivity contribution >= 4 is 5.91 Å². The molecule has 1 heterocycles. The Bertz CT molecular complexity index is 424. The lowest BCUT2D eigenvalue weighted by atomic mass is 9.85. The minimum atomic E-state index is -0.754. The minimum absolute atomic E-state index is 0.155. The molecule has 19 heavy (non-hydrogen) atoms. The van der Waals surface area contributed by atoms with E-state index in [1.165, 1.54) is 0 Å². The van der Waals surface area contributed by atoms with E-state index in [0.29, 0.717) is 0 Å². The van der Waals surface area contributed by atoms with Crippen molar-refractivity contribution in [1.82, 2.24) is 20.5 Å². The Hall–Kier alpha value is -1.43. The summed E-state index contributed by atoms with van der Waals surface area (Å²) in [6.07, 6.45) is 6.45. The molecule has 0 aromatic carbocycles. The average Bonchev–Trinajstić information content (AvgIpc) is 2.86. The van der Waals surface area contributed by atoms with E-state index in [1.54, 1.807) is 0 Å². The minimum Gasteiger partial charge on any atom is -0.388 e. The molecule has 0 atom stereocenters. The van der Waals surface area contributed by atoms with Crippen LogP contribution in [0.2, 0.25) is 0 Å². The quantitative estimate of drug-likeness (QED) is 0.746. The van der Waals surface area contributed by atoms with E-state index in [2.05, 4.69) is 20.5 Å². The highest BCUT2D eigenvalue weighted by Gasteiger charge is 2.29. The van der Waals surface area contributed by atoms with Crippen molar-refractivity contribution in [2.75, 3.05) is 6.54 Å². The number of nitrogens with zero attached hydrogens (tertiary/aromatic N) is 2. The number of rotatable bonds is 5. The normalized spacial score (nSPS) is 18.2. The van der Waals surface area contributed by atoms with Crippen LogP contribution in [-0.2, 0) is 6.42 Å². The van der Waals surface area contributed by atoms with Crippen molar-refractivity contribution in [3.63, 3.8) is 0 Å². The van der Waals surface area contributed by atoms with E-state index in [-0.39, 0.29) is 18.3 Å². The van der Waals surface area contributed by atoms with Crippen LogP contribution >= 0.6 is 0 Å². The third-order valence-corrected chi connectivity index (χ3v) is 3.58. The number of H-pyrrole nitrogens is 1. The number of aromatic amines is 1. The second kappa shape index (κ2) is 6.14. The fourth-order valence-electron chi connectivity index (χ4n) is 2.46. The number of carbonyl (C=O) groups is 1. The van der Waals surface area contributed by atoms with Crippen LogP contribution in [0, 0.1) is 0 Å². The fourth-order valence-corrected chi connectivity index (χ4v) is 2.46. The maximum Gasteiger partial charge on any atom is 0.291 e. The summed E-state index contributed by atoms with van der Waals surface area (Å²) in [5.41, 5.74) is -0.754. The van der Waals surface area contributed by atoms with Gasteiger partial charge < -0.3 is 10.4 Å². The van der Waals surface area contributed by atoms with Gasteiger partial charge >= 0.3 is 0 Å². The van der Waals surface area contributed by atoms with Crippen LogP contribution in [0.3, 0.4) is 0 Å². The van der Waals surface area contributed by atoms with Crippen molar-refractivity contribution in [1.29, 1.82) is 0 Å². The maximum atomic E-state index is 11.9. The Labute approximate surface area is 113 Å². The van der Waals surface area contributed by atoms with E-state index in [0.717, 1.165) is 50.8 Å². The molecule has 0 unspecified atom stereocenters. The number of aromatic nitrogens is 3. The highest BCUT2D eigenvalue weighted by molar-refractivity contribution is 5.90. The van der Waals surface area contributed by atoms with Crippen LogP contribution in [0.5, 0.6) is 0 Å². The van der Waals surface area contributed by atoms with Crippen LogP contribution in [-0.4, -0.2) is 38.3 Å². The highest BCUT2D eigenvalue weighted by atomic mass is 16.3. The molecule has 1 fully saturated rings. The lowest BCUT2D eigenvalue weighted by Gasteiger charge is -2.31. The van der Waals surface area contributed by atoms with Crippen LogP contribution in [0.1, 0.15) is 61.9 Å². The SMILES string of the molecule is CCCc1nc(C(=O)NCC2(O)CCCCC2)n[nH]1. The van der Waals surface area contributed by atoms with Crippen LogP contribution in [0.15, 0.2) is 0 Å². The maximum absolute atomic E-state index is 11.9. The van der Waals surface area contributed by atoms with Crippen LogP contribution in [0.25, 0.3) is 0 Å². The van der Waals surface area contributed by atoms with E-state index in [1.807, 2.05) is 6.92 Å². The number of hydrogen-bond donors (Lipinski definition) is 3. The summed E-state index contributed by atoms with van der Waals surface area (Å²) in [6, 6.07) is 0. The largest absolute Gasteiger partial charge is 0.388 e. The monoisotopic (exact) mass is 266 g/mol. The van der Waals surface area contributed by atoms with Gasteiger partial charge in [-0.2, -0.15) is 0 Å². The molecule has 1 aliphatic rings. The smallest absolute Gasteiger partial charge is 0.291 e. The van der Waals surface area contributed by atoms with E-state index >= 15 is 0 Å². The molecule has 1 aliphatic carbocycles. The van der Waals surface area contributed by atoms with Crippen molar-refractivity contribution in [3.8, 4) is 0 Å². The molecule has 3 N–H and O–H groups in total. The van der Waals surface area contributed by atoms with Crippen LogP contribution in [0.4, 0.5) is 0 Å². The highest BCUT2D eigenvalue weighted by Crippen LogP contribution is 2.27. The predicted octanol–water partition coefficient (Wildman–Crippen LogP) is 1.18. The average molecular weight is 266 g/mol. The molecule has 106 valence electrons. The van der Waals surface area contributed by atoms with Crippen molar-refractivity contribution in [2.45, 2.75) is 57.5 Å². The molecule has 1 aromatic rings. The Balaban J connectivity index is 1.86. The summed E-state index contributed by atoms with van der Waals surface area (Å²) in [6.45, 7) is 2.32. The summed E-state index contributed by atoms with van der Waals surface area (Å²) < 4.78 is 0. The van der Waals surface area contributed by atoms with Gasteiger partial charge in [-0.1, -0.05) is 26.2 Å². The van der Waals surface area contributed by atoms with E-state index in [9.17, 15) is 9.90 Å². The first-order valence-electron chi connectivity index (χ1n) is 7.05. The Morgan fingerprint density at radius 3 is 2.84 bits per heavy atom. The molecule has 0 bridgehead atoms. The van der Waals surface area contributed by atoms with Gasteiger partial charge in [-0.15, -0.1) is 5.10 Å². The zero-order valence-corrected chi connectivity index (χ0v) is 11.4. The lowest BCUT2D eigenvalue weighted by Crippen LogP contribution is -2.44. The number of nitrogens with one attached hydrogen (secondary N) is 2. The topological polar surface area (TPSA) is 90.9 Å². The molecule has 0 spiro atoms. The van der Waals surface area contributed by atoms with Gasteiger partial charge in [0.05, 0.1) is 5.60 Å². The van der Waals surface area contributed by atoms with Gasteiger partial charge in [0.1, 0.15) is 5.82 Å². The number of carbonyl (C=O) groups excluding carboxylic acids is 1. The standard InChI is InChI=1S/C13H22N4O2/c1-2-6-10-15-11(17-16-10)12(18)14-9-13(19)7-4-3-5-8-13/h19H,2-9H2,1H3,(H,14,18)(H,15,16,17). The summed E-state index contributed by atoms with van der Waals surface area (Å²) >= 11 is 0. The van der Waals surface area contributed by atoms with Gasteiger partial charge in [0.25, 0.3) is 5.91 Å². The molecule has 1 amide bonds. The van der Waals surface area contributed by atoms with E-state index < -0.39 is 5.60 Å². The Morgan fingerprint density at radius 1 is 1.42 bits per heavy atom. The Kier molecular flexibility index (Phi) is 4.52. The van der Waals surface area contributed by atoms with Gasteiger partial charge in [-0.3, -0.25) is 9.89 Å². The zero-order chi connectivity index (χ0) is 13.7. The lowest BCUT2D eigenvalue weighted by molar-refractivity contribution is 0.00516.